The lowest BCUT2D eigenvalue weighted by Gasteiger charge is -2.35. The third kappa shape index (κ3) is 5.48. The predicted molar refractivity (Wildman–Crippen MR) is 240 cm³/mol. The summed E-state index contributed by atoms with van der Waals surface area (Å²) in [5.74, 6) is 0.579. The van der Waals surface area contributed by atoms with E-state index in [2.05, 4.69) is 210 Å². The van der Waals surface area contributed by atoms with Gasteiger partial charge in [-0.05, 0) is 106 Å². The zero-order valence-corrected chi connectivity index (χ0v) is 31.1. The lowest BCUT2D eigenvalue weighted by molar-refractivity contribution is 0.562. The van der Waals surface area contributed by atoms with Gasteiger partial charge in [-0.25, -0.2) is 0 Å². The summed E-state index contributed by atoms with van der Waals surface area (Å²) in [7, 11) is 0. The largest absolute Gasteiger partial charge is 0.310 e. The topological polar surface area (TPSA) is 6.48 Å². The number of hydrogen-bond donors (Lipinski definition) is 0. The molecule has 2 heteroatoms. The maximum Gasteiger partial charge on any atom is 0.0619 e. The summed E-state index contributed by atoms with van der Waals surface area (Å²) in [6, 6.07) is 64.8. The molecule has 2 aliphatic rings. The average molecular weight is 717 g/mol. The maximum absolute atomic E-state index is 2.54. The van der Waals surface area contributed by atoms with E-state index in [0.717, 1.165) is 29.9 Å². The van der Waals surface area contributed by atoms with E-state index in [1.807, 2.05) is 0 Å². The number of rotatable bonds is 6. The van der Waals surface area contributed by atoms with E-state index < -0.39 is 0 Å². The number of hydrogen-bond acceptors (Lipinski definition) is 2. The van der Waals surface area contributed by atoms with Crippen LogP contribution in [0, 0.1) is 5.92 Å². The Morgan fingerprint density at radius 1 is 0.411 bits per heavy atom. The van der Waals surface area contributed by atoms with Gasteiger partial charge >= 0.3 is 0 Å². The van der Waals surface area contributed by atoms with Crippen LogP contribution in [-0.2, 0) is 0 Å². The van der Waals surface area contributed by atoms with Crippen molar-refractivity contribution < 1.29 is 0 Å². The number of allylic oxidation sites excluding steroid dienone is 5. The van der Waals surface area contributed by atoms with Crippen molar-refractivity contribution in [3.8, 4) is 0 Å². The SMILES string of the molecule is C1=CC2=CC(N(c3ccc4ccccc4c3)c3c4ccccc4c(N(c4ccc5ccccc5c4)c4ccc5ccccc5c4)c4ccccc34)=CCC2CC1. The van der Waals surface area contributed by atoms with E-state index in [1.165, 1.54) is 82.9 Å². The van der Waals surface area contributed by atoms with Crippen molar-refractivity contribution in [1.82, 2.24) is 0 Å². The van der Waals surface area contributed by atoms with Gasteiger partial charge in [0.25, 0.3) is 0 Å². The molecule has 0 radical (unpaired) electrons. The summed E-state index contributed by atoms with van der Waals surface area (Å²) >= 11 is 0. The lowest BCUT2D eigenvalue weighted by Crippen LogP contribution is -2.21. The molecule has 0 spiro atoms. The van der Waals surface area contributed by atoms with E-state index in [-0.39, 0.29) is 0 Å². The Kier molecular flexibility index (Phi) is 7.81. The van der Waals surface area contributed by atoms with E-state index in [4.69, 9.17) is 0 Å². The van der Waals surface area contributed by atoms with Gasteiger partial charge in [0.15, 0.2) is 0 Å². The van der Waals surface area contributed by atoms with E-state index >= 15 is 0 Å². The van der Waals surface area contributed by atoms with Crippen molar-refractivity contribution in [3.63, 3.8) is 0 Å². The third-order valence-electron chi connectivity index (χ3n) is 11.9. The maximum atomic E-state index is 2.54. The lowest BCUT2D eigenvalue weighted by atomic mass is 9.83. The van der Waals surface area contributed by atoms with E-state index in [0.29, 0.717) is 5.92 Å². The highest BCUT2D eigenvalue weighted by atomic mass is 15.2. The van der Waals surface area contributed by atoms with Gasteiger partial charge in [-0.2, -0.15) is 0 Å². The standard InChI is InChI=1S/C54H40N2/c1-5-17-41-33-45(29-25-37(41)13-1)55(46-30-26-38-14-2-6-18-42(38)34-46)53-49-21-9-11-23-51(49)54(52-24-12-10-22-50(52)53)56(47-31-27-39-15-3-7-19-43(39)35-47)48-32-28-40-16-4-8-20-44(40)36-48/h1-3,5-15,17-27,29-36,40H,4,16,28H2. The molecule has 0 amide bonds. The van der Waals surface area contributed by atoms with Crippen LogP contribution >= 0.6 is 0 Å². The Hall–Kier alpha value is -6.90. The quantitative estimate of drug-likeness (QED) is 0.125. The molecule has 9 aromatic carbocycles. The molecule has 0 aliphatic heterocycles. The van der Waals surface area contributed by atoms with Gasteiger partial charge < -0.3 is 9.80 Å². The molecule has 0 N–H and O–H groups in total. The first-order chi connectivity index (χ1) is 27.8. The highest BCUT2D eigenvalue weighted by Crippen LogP contribution is 2.51. The summed E-state index contributed by atoms with van der Waals surface area (Å²) in [6.45, 7) is 0. The Balaban J connectivity index is 1.22. The van der Waals surface area contributed by atoms with Crippen LogP contribution in [0.5, 0.6) is 0 Å². The normalized spacial score (nSPS) is 15.2. The fraction of sp³-hybridized carbons (Fsp3) is 0.0741. The minimum absolute atomic E-state index is 0.579. The summed E-state index contributed by atoms with van der Waals surface area (Å²) in [5, 5.41) is 12.2. The molecule has 266 valence electrons. The van der Waals surface area contributed by atoms with Gasteiger partial charge in [0, 0.05) is 44.3 Å². The van der Waals surface area contributed by atoms with Gasteiger partial charge in [0.2, 0.25) is 0 Å². The monoisotopic (exact) mass is 716 g/mol. The molecule has 2 aliphatic carbocycles. The van der Waals surface area contributed by atoms with Gasteiger partial charge in [-0.3, -0.25) is 0 Å². The second kappa shape index (κ2) is 13.4. The van der Waals surface area contributed by atoms with Gasteiger partial charge in [0.05, 0.1) is 11.4 Å². The second-order valence-corrected chi connectivity index (χ2v) is 15.2. The first-order valence-electron chi connectivity index (χ1n) is 19.9. The molecule has 9 aromatic rings. The van der Waals surface area contributed by atoms with Crippen LogP contribution in [-0.4, -0.2) is 0 Å². The number of fused-ring (bicyclic) bond motifs is 6. The molecule has 56 heavy (non-hydrogen) atoms. The molecule has 0 bridgehead atoms. The summed E-state index contributed by atoms with van der Waals surface area (Å²) in [4.78, 5) is 5.04. The zero-order chi connectivity index (χ0) is 37.0. The number of benzene rings is 9. The van der Waals surface area contributed by atoms with Crippen LogP contribution in [0.15, 0.2) is 211 Å². The highest BCUT2D eigenvalue weighted by Gasteiger charge is 2.28. The molecule has 0 heterocycles. The molecule has 0 fully saturated rings. The molecule has 11 rings (SSSR count). The van der Waals surface area contributed by atoms with Crippen LogP contribution in [0.1, 0.15) is 19.3 Å². The van der Waals surface area contributed by atoms with Crippen LogP contribution in [0.4, 0.5) is 28.4 Å². The van der Waals surface area contributed by atoms with Crippen molar-refractivity contribution in [3.05, 3.63) is 211 Å². The van der Waals surface area contributed by atoms with E-state index in [9.17, 15) is 0 Å². The van der Waals surface area contributed by atoms with E-state index in [1.54, 1.807) is 0 Å². The van der Waals surface area contributed by atoms with Crippen molar-refractivity contribution in [2.24, 2.45) is 5.92 Å². The van der Waals surface area contributed by atoms with Crippen molar-refractivity contribution in [1.29, 1.82) is 0 Å². The predicted octanol–water partition coefficient (Wildman–Crippen LogP) is 15.2. The highest BCUT2D eigenvalue weighted by molar-refractivity contribution is 6.23. The molecule has 0 saturated heterocycles. The summed E-state index contributed by atoms with van der Waals surface area (Å²) in [5.41, 5.74) is 8.45. The first-order valence-corrected chi connectivity index (χ1v) is 19.9. The molecule has 1 atom stereocenters. The third-order valence-corrected chi connectivity index (χ3v) is 11.9. The van der Waals surface area contributed by atoms with Crippen LogP contribution in [0.25, 0.3) is 53.9 Å². The minimum atomic E-state index is 0.579. The number of anilines is 5. The average Bonchev–Trinajstić information content (AvgIpc) is 3.27. The van der Waals surface area contributed by atoms with Gasteiger partial charge in [-0.1, -0.05) is 158 Å². The molecule has 0 aromatic heterocycles. The first kappa shape index (κ1) is 32.5. The molecule has 2 nitrogen and oxygen atoms in total. The fourth-order valence-corrected chi connectivity index (χ4v) is 9.21. The van der Waals surface area contributed by atoms with Crippen molar-refractivity contribution in [2.75, 3.05) is 9.80 Å². The van der Waals surface area contributed by atoms with Gasteiger partial charge in [-0.15, -0.1) is 0 Å². The van der Waals surface area contributed by atoms with Crippen LogP contribution < -0.4 is 9.80 Å². The Morgan fingerprint density at radius 3 is 1.30 bits per heavy atom. The Bertz CT molecular complexity index is 2960. The Morgan fingerprint density at radius 2 is 0.821 bits per heavy atom. The van der Waals surface area contributed by atoms with Crippen LogP contribution in [0.3, 0.4) is 0 Å². The van der Waals surface area contributed by atoms with Gasteiger partial charge in [0.1, 0.15) is 0 Å². The zero-order valence-electron chi connectivity index (χ0n) is 31.1. The Labute approximate surface area is 327 Å². The minimum Gasteiger partial charge on any atom is -0.310 e. The smallest absolute Gasteiger partial charge is 0.0619 e. The molecular weight excluding hydrogens is 677 g/mol. The molecule has 0 saturated carbocycles. The summed E-state index contributed by atoms with van der Waals surface area (Å²) < 4.78 is 0. The summed E-state index contributed by atoms with van der Waals surface area (Å²) in [6.07, 6.45) is 13.1. The second-order valence-electron chi connectivity index (χ2n) is 15.2. The molecular formula is C54H40N2. The van der Waals surface area contributed by atoms with Crippen LogP contribution in [0.2, 0.25) is 0 Å². The fourth-order valence-electron chi connectivity index (χ4n) is 9.21. The van der Waals surface area contributed by atoms with Crippen molar-refractivity contribution in [2.45, 2.75) is 19.3 Å². The number of nitrogens with zero attached hydrogens (tertiary/aromatic N) is 2. The van der Waals surface area contributed by atoms with Crippen molar-refractivity contribution >= 4 is 82.3 Å². The molecule has 1 unspecified atom stereocenters.